The Balaban J connectivity index is 1.96. The number of thioether (sulfide) groups is 1. The maximum Gasteiger partial charge on any atom is 0.343 e. The number of nitrogens with zero attached hydrogens (tertiary/aromatic N) is 4. The molecular weight excluding hydrogens is 352 g/mol. The molecule has 0 atom stereocenters. The van der Waals surface area contributed by atoms with Gasteiger partial charge in [0.25, 0.3) is 0 Å². The van der Waals surface area contributed by atoms with Crippen LogP contribution in [0.3, 0.4) is 0 Å². The van der Waals surface area contributed by atoms with E-state index >= 15 is 0 Å². The molecule has 2 heterocycles. The van der Waals surface area contributed by atoms with Crippen molar-refractivity contribution in [2.75, 3.05) is 17.7 Å². The topological polar surface area (TPSA) is 106 Å². The molecule has 9 heteroatoms. The Morgan fingerprint density at radius 1 is 1.23 bits per heavy atom. The third kappa shape index (κ3) is 4.17. The Bertz CT molecular complexity index is 884. The van der Waals surface area contributed by atoms with Crippen molar-refractivity contribution in [3.05, 3.63) is 42.1 Å². The lowest BCUT2D eigenvalue weighted by molar-refractivity contribution is 0.0526. The number of carbonyl (C=O) groups is 1. The number of carbonyl (C=O) groups excluding carboxylic acids is 1. The number of aromatic amines is 1. The molecule has 3 rings (SSSR count). The number of esters is 1. The molecule has 8 nitrogen and oxygen atoms in total. The van der Waals surface area contributed by atoms with Crippen molar-refractivity contribution < 1.29 is 9.53 Å². The van der Waals surface area contributed by atoms with E-state index in [1.807, 2.05) is 37.3 Å². The minimum absolute atomic E-state index is 0.229. The number of hydrogen-bond donors (Lipinski definition) is 2. The van der Waals surface area contributed by atoms with Crippen LogP contribution in [0.2, 0.25) is 0 Å². The first kappa shape index (κ1) is 17.9. The van der Waals surface area contributed by atoms with Gasteiger partial charge in [-0.25, -0.2) is 19.9 Å². The van der Waals surface area contributed by atoms with Crippen molar-refractivity contribution in [1.82, 2.24) is 25.1 Å². The van der Waals surface area contributed by atoms with Crippen LogP contribution < -0.4 is 5.32 Å². The standard InChI is InChI=1S/C17H18N6O2S/c1-3-25-15(24)12-10-18-13(11-8-6-5-7-9-11)19-14(12)20-16-21-17(23-22-16)26-4-2/h5-10H,3-4H2,1-2H3,(H2,18,19,20,21,22,23). The SMILES string of the molecule is CCOC(=O)c1cnc(-c2ccccc2)nc1Nc1nc(SCC)n[nH]1. The lowest BCUT2D eigenvalue weighted by atomic mass is 10.2. The summed E-state index contributed by atoms with van der Waals surface area (Å²) in [6.07, 6.45) is 1.45. The summed E-state index contributed by atoms with van der Waals surface area (Å²) in [5.74, 6) is 1.55. The zero-order chi connectivity index (χ0) is 18.4. The van der Waals surface area contributed by atoms with Gasteiger partial charge in [-0.05, 0) is 12.7 Å². The van der Waals surface area contributed by atoms with E-state index in [2.05, 4.69) is 30.5 Å². The van der Waals surface area contributed by atoms with E-state index < -0.39 is 5.97 Å². The van der Waals surface area contributed by atoms with Crippen molar-refractivity contribution >= 4 is 29.5 Å². The van der Waals surface area contributed by atoms with Gasteiger partial charge in [0.2, 0.25) is 11.1 Å². The fourth-order valence-electron chi connectivity index (χ4n) is 2.17. The fourth-order valence-corrected chi connectivity index (χ4v) is 2.69. The second kappa shape index (κ2) is 8.43. The first-order valence-electron chi connectivity index (χ1n) is 8.13. The Morgan fingerprint density at radius 3 is 2.77 bits per heavy atom. The number of nitrogens with one attached hydrogen (secondary N) is 2. The predicted octanol–water partition coefficient (Wildman–Crippen LogP) is 3.29. The van der Waals surface area contributed by atoms with E-state index in [4.69, 9.17) is 4.74 Å². The van der Waals surface area contributed by atoms with E-state index in [1.165, 1.54) is 18.0 Å². The van der Waals surface area contributed by atoms with E-state index in [0.717, 1.165) is 11.3 Å². The van der Waals surface area contributed by atoms with E-state index in [9.17, 15) is 4.79 Å². The smallest absolute Gasteiger partial charge is 0.343 e. The Labute approximate surface area is 154 Å². The molecule has 0 bridgehead atoms. The molecule has 0 amide bonds. The highest BCUT2D eigenvalue weighted by atomic mass is 32.2. The number of hydrogen-bond acceptors (Lipinski definition) is 8. The first-order valence-corrected chi connectivity index (χ1v) is 9.11. The second-order valence-electron chi connectivity index (χ2n) is 5.07. The van der Waals surface area contributed by atoms with Crippen LogP contribution in [-0.4, -0.2) is 43.5 Å². The lowest BCUT2D eigenvalue weighted by Gasteiger charge is -2.10. The summed E-state index contributed by atoms with van der Waals surface area (Å²) in [5, 5.41) is 10.5. The quantitative estimate of drug-likeness (QED) is 0.482. The molecule has 0 fully saturated rings. The van der Waals surface area contributed by atoms with Gasteiger partial charge < -0.3 is 10.1 Å². The minimum Gasteiger partial charge on any atom is -0.462 e. The number of benzene rings is 1. The molecule has 0 aliphatic carbocycles. The van der Waals surface area contributed by atoms with Crippen LogP contribution in [-0.2, 0) is 4.74 Å². The zero-order valence-corrected chi connectivity index (χ0v) is 15.2. The maximum atomic E-state index is 12.2. The monoisotopic (exact) mass is 370 g/mol. The van der Waals surface area contributed by atoms with Gasteiger partial charge in [-0.15, -0.1) is 5.10 Å². The number of rotatable bonds is 7. The van der Waals surface area contributed by atoms with Crippen molar-refractivity contribution in [2.45, 2.75) is 19.0 Å². The number of ether oxygens (including phenoxy) is 1. The Hall–Kier alpha value is -2.94. The molecule has 0 saturated carbocycles. The maximum absolute atomic E-state index is 12.2. The molecule has 2 N–H and O–H groups in total. The van der Waals surface area contributed by atoms with Gasteiger partial charge in [0.1, 0.15) is 5.56 Å². The summed E-state index contributed by atoms with van der Waals surface area (Å²) in [5.41, 5.74) is 1.07. The fraction of sp³-hybridized carbons (Fsp3) is 0.235. The molecule has 0 aliphatic rings. The molecule has 0 saturated heterocycles. The van der Waals surface area contributed by atoms with Gasteiger partial charge in [0.15, 0.2) is 11.6 Å². The van der Waals surface area contributed by atoms with Crippen LogP contribution in [0.15, 0.2) is 41.7 Å². The molecule has 3 aromatic rings. The molecule has 2 aromatic heterocycles. The Morgan fingerprint density at radius 2 is 2.04 bits per heavy atom. The molecule has 26 heavy (non-hydrogen) atoms. The van der Waals surface area contributed by atoms with Crippen LogP contribution in [0.5, 0.6) is 0 Å². The summed E-state index contributed by atoms with van der Waals surface area (Å²) in [7, 11) is 0. The highest BCUT2D eigenvalue weighted by molar-refractivity contribution is 7.99. The summed E-state index contributed by atoms with van der Waals surface area (Å²) in [6, 6.07) is 9.50. The lowest BCUT2D eigenvalue weighted by Crippen LogP contribution is -2.11. The predicted molar refractivity (Wildman–Crippen MR) is 99.5 cm³/mol. The van der Waals surface area contributed by atoms with Gasteiger partial charge in [-0.2, -0.15) is 4.98 Å². The molecule has 0 spiro atoms. The van der Waals surface area contributed by atoms with Gasteiger partial charge in [0, 0.05) is 11.8 Å². The van der Waals surface area contributed by atoms with Crippen molar-refractivity contribution in [3.63, 3.8) is 0 Å². The Kier molecular flexibility index (Phi) is 5.80. The van der Waals surface area contributed by atoms with Gasteiger partial charge in [0.05, 0.1) is 6.61 Å². The van der Waals surface area contributed by atoms with Crippen LogP contribution in [0.4, 0.5) is 11.8 Å². The molecule has 0 unspecified atom stereocenters. The molecule has 0 radical (unpaired) electrons. The minimum atomic E-state index is -0.503. The molecule has 0 aliphatic heterocycles. The average molecular weight is 370 g/mol. The van der Waals surface area contributed by atoms with Crippen LogP contribution in [0, 0.1) is 0 Å². The summed E-state index contributed by atoms with van der Waals surface area (Å²) in [6.45, 7) is 4.02. The number of H-pyrrole nitrogens is 1. The third-order valence-corrected chi connectivity index (χ3v) is 4.02. The van der Waals surface area contributed by atoms with Gasteiger partial charge in [-0.1, -0.05) is 49.0 Å². The van der Waals surface area contributed by atoms with Crippen LogP contribution in [0.25, 0.3) is 11.4 Å². The number of anilines is 2. The van der Waals surface area contributed by atoms with E-state index in [-0.39, 0.29) is 12.2 Å². The van der Waals surface area contributed by atoms with Crippen LogP contribution >= 0.6 is 11.8 Å². The van der Waals surface area contributed by atoms with E-state index in [0.29, 0.717) is 22.7 Å². The zero-order valence-electron chi connectivity index (χ0n) is 14.4. The third-order valence-electron chi connectivity index (χ3n) is 3.29. The van der Waals surface area contributed by atoms with Crippen molar-refractivity contribution in [3.8, 4) is 11.4 Å². The molecule has 1 aromatic carbocycles. The van der Waals surface area contributed by atoms with Crippen LogP contribution in [0.1, 0.15) is 24.2 Å². The van der Waals surface area contributed by atoms with Crippen molar-refractivity contribution in [2.24, 2.45) is 0 Å². The largest absolute Gasteiger partial charge is 0.462 e. The first-order chi connectivity index (χ1) is 12.7. The highest BCUT2D eigenvalue weighted by Crippen LogP contribution is 2.23. The summed E-state index contributed by atoms with van der Waals surface area (Å²) >= 11 is 1.51. The number of aromatic nitrogens is 5. The second-order valence-corrected chi connectivity index (χ2v) is 6.30. The molecule has 134 valence electrons. The summed E-state index contributed by atoms with van der Waals surface area (Å²) in [4.78, 5) is 25.3. The van der Waals surface area contributed by atoms with Crippen molar-refractivity contribution in [1.29, 1.82) is 0 Å². The normalized spacial score (nSPS) is 10.5. The average Bonchev–Trinajstić information content (AvgIpc) is 3.10. The van der Waals surface area contributed by atoms with Gasteiger partial charge in [-0.3, -0.25) is 0 Å². The van der Waals surface area contributed by atoms with Gasteiger partial charge >= 0.3 is 5.97 Å². The highest BCUT2D eigenvalue weighted by Gasteiger charge is 2.18. The summed E-state index contributed by atoms with van der Waals surface area (Å²) < 4.78 is 5.09. The molecular formula is C17H18N6O2S. The van der Waals surface area contributed by atoms with E-state index in [1.54, 1.807) is 6.92 Å².